The topological polar surface area (TPSA) is 113 Å². The highest BCUT2D eigenvalue weighted by molar-refractivity contribution is 7.91. The number of phenolic OH excluding ortho intramolecular Hbond substituents is 1. The van der Waals surface area contributed by atoms with Gasteiger partial charge in [0.2, 0.25) is 5.91 Å². The van der Waals surface area contributed by atoms with E-state index in [1.54, 1.807) is 0 Å². The number of nitrogens with zero attached hydrogens (tertiary/aromatic N) is 2. The van der Waals surface area contributed by atoms with E-state index in [4.69, 9.17) is 9.47 Å². The molecule has 0 saturated carbocycles. The van der Waals surface area contributed by atoms with E-state index in [0.717, 1.165) is 0 Å². The van der Waals surface area contributed by atoms with Gasteiger partial charge in [0, 0.05) is 25.8 Å². The highest BCUT2D eigenvalue weighted by Crippen LogP contribution is 2.31. The molecule has 1 aromatic rings. The molecule has 0 spiro atoms. The van der Waals surface area contributed by atoms with Gasteiger partial charge in [-0.3, -0.25) is 9.59 Å². The number of carbonyl (C=O) groups excluding carboxylic acids is 2. The number of benzene rings is 1. The summed E-state index contributed by atoms with van der Waals surface area (Å²) in [5, 5.41) is 9.71. The zero-order chi connectivity index (χ0) is 19.8. The number of aromatic hydroxyl groups is 1. The molecule has 0 radical (unpaired) electrons. The Morgan fingerprint density at radius 2 is 1.78 bits per heavy atom. The molecule has 9 nitrogen and oxygen atoms in total. The summed E-state index contributed by atoms with van der Waals surface area (Å²) in [5.74, 6) is -0.941. The van der Waals surface area contributed by atoms with Crippen molar-refractivity contribution < 1.29 is 32.6 Å². The van der Waals surface area contributed by atoms with Crippen molar-refractivity contribution in [1.82, 2.24) is 9.80 Å². The van der Waals surface area contributed by atoms with Crippen molar-refractivity contribution in [1.29, 1.82) is 0 Å². The Morgan fingerprint density at radius 1 is 1.15 bits per heavy atom. The van der Waals surface area contributed by atoms with Gasteiger partial charge in [0.25, 0.3) is 5.91 Å². The zero-order valence-electron chi connectivity index (χ0n) is 15.1. The second-order valence-corrected chi connectivity index (χ2v) is 8.77. The Bertz CT molecular complexity index is 855. The fourth-order valence-corrected chi connectivity index (χ4v) is 5.68. The Kier molecular flexibility index (Phi) is 5.29. The molecule has 2 heterocycles. The summed E-state index contributed by atoms with van der Waals surface area (Å²) in [4.78, 5) is 28.3. The number of piperazine rings is 1. The van der Waals surface area contributed by atoms with Gasteiger partial charge in [-0.05, 0) is 18.2 Å². The van der Waals surface area contributed by atoms with Crippen LogP contribution in [0.3, 0.4) is 0 Å². The summed E-state index contributed by atoms with van der Waals surface area (Å²) in [7, 11) is -0.592. The van der Waals surface area contributed by atoms with Crippen LogP contribution in [-0.4, -0.2) is 92.6 Å². The van der Waals surface area contributed by atoms with Gasteiger partial charge in [-0.25, -0.2) is 8.42 Å². The van der Waals surface area contributed by atoms with Gasteiger partial charge in [0.15, 0.2) is 21.3 Å². The van der Waals surface area contributed by atoms with Gasteiger partial charge in [-0.1, -0.05) is 0 Å². The molecule has 3 rings (SSSR count). The molecule has 2 atom stereocenters. The fourth-order valence-electron chi connectivity index (χ4n) is 3.70. The number of carbonyl (C=O) groups is 2. The summed E-state index contributed by atoms with van der Waals surface area (Å²) < 4.78 is 34.3. The van der Waals surface area contributed by atoms with Crippen LogP contribution in [0.1, 0.15) is 10.4 Å². The number of amides is 2. The first-order valence-corrected chi connectivity index (χ1v) is 10.3. The average Bonchev–Trinajstić information content (AvgIpc) is 2.95. The van der Waals surface area contributed by atoms with Crippen LogP contribution in [0.5, 0.6) is 11.5 Å². The maximum absolute atomic E-state index is 13.0. The number of ether oxygens (including phenoxy) is 2. The Morgan fingerprint density at radius 3 is 2.41 bits per heavy atom. The van der Waals surface area contributed by atoms with Crippen LogP contribution in [0.15, 0.2) is 18.2 Å². The highest BCUT2D eigenvalue weighted by atomic mass is 32.2. The van der Waals surface area contributed by atoms with Crippen LogP contribution in [0.2, 0.25) is 0 Å². The van der Waals surface area contributed by atoms with Crippen molar-refractivity contribution in [3.8, 4) is 11.5 Å². The van der Waals surface area contributed by atoms with Crippen LogP contribution in [0, 0.1) is 0 Å². The summed E-state index contributed by atoms with van der Waals surface area (Å²) in [5.41, 5.74) is 0.282. The van der Waals surface area contributed by atoms with Crippen molar-refractivity contribution in [2.45, 2.75) is 12.1 Å². The number of rotatable bonds is 4. The van der Waals surface area contributed by atoms with Gasteiger partial charge < -0.3 is 24.4 Å². The Balaban J connectivity index is 1.89. The van der Waals surface area contributed by atoms with Gasteiger partial charge in [0.05, 0.1) is 30.7 Å². The predicted octanol–water partition coefficient (Wildman–Crippen LogP) is -0.503. The SMILES string of the molecule is COCC(=O)N1CCN(C(=O)c2ccc(O)c(OC)c2)[C@H]2CS(=O)(=O)C[C@H]21. The smallest absolute Gasteiger partial charge is 0.254 e. The molecule has 2 fully saturated rings. The van der Waals surface area contributed by atoms with Crippen molar-refractivity contribution in [3.05, 3.63) is 23.8 Å². The van der Waals surface area contributed by atoms with E-state index in [0.29, 0.717) is 0 Å². The number of methoxy groups -OCH3 is 2. The number of hydrogen-bond acceptors (Lipinski definition) is 7. The zero-order valence-corrected chi connectivity index (χ0v) is 15.9. The molecular formula is C17H22N2O7S. The largest absolute Gasteiger partial charge is 0.504 e. The lowest BCUT2D eigenvalue weighted by atomic mass is 10.0. The predicted molar refractivity (Wildman–Crippen MR) is 95.5 cm³/mol. The standard InChI is InChI=1S/C17H22N2O7S/c1-25-8-16(21)18-5-6-19(13-10-27(23,24)9-12(13)18)17(22)11-3-4-14(20)15(7-11)26-2/h3-4,7,12-13,20H,5-6,8-10H2,1-2H3/t12-,13+/m1/s1. The first-order chi connectivity index (χ1) is 12.8. The Hall–Kier alpha value is -2.33. The van der Waals surface area contributed by atoms with Crippen molar-refractivity contribution >= 4 is 21.7 Å². The molecule has 0 unspecified atom stereocenters. The van der Waals surface area contributed by atoms with Crippen LogP contribution in [0.4, 0.5) is 0 Å². The van der Waals surface area contributed by atoms with Crippen molar-refractivity contribution in [3.63, 3.8) is 0 Å². The molecule has 10 heteroatoms. The lowest BCUT2D eigenvalue weighted by Gasteiger charge is -2.43. The van der Waals surface area contributed by atoms with Crippen molar-refractivity contribution in [2.75, 3.05) is 45.4 Å². The maximum Gasteiger partial charge on any atom is 0.254 e. The maximum atomic E-state index is 13.0. The van der Waals surface area contributed by atoms with Crippen molar-refractivity contribution in [2.24, 2.45) is 0 Å². The number of hydrogen-bond donors (Lipinski definition) is 1. The third-order valence-corrected chi connectivity index (χ3v) is 6.65. The second kappa shape index (κ2) is 7.35. The molecule has 2 saturated heterocycles. The molecule has 1 N–H and O–H groups in total. The second-order valence-electron chi connectivity index (χ2n) is 6.62. The quantitative estimate of drug-likeness (QED) is 0.727. The number of phenols is 1. The van der Waals surface area contributed by atoms with Gasteiger partial charge in [-0.15, -0.1) is 0 Å². The lowest BCUT2D eigenvalue weighted by molar-refractivity contribution is -0.140. The summed E-state index contributed by atoms with van der Waals surface area (Å²) in [6.45, 7) is 0.320. The Labute approximate surface area is 157 Å². The molecule has 0 aliphatic carbocycles. The van der Waals surface area contributed by atoms with Gasteiger partial charge >= 0.3 is 0 Å². The first-order valence-electron chi connectivity index (χ1n) is 8.44. The minimum absolute atomic E-state index is 0.0923. The third-order valence-electron chi connectivity index (χ3n) is 4.95. The van der Waals surface area contributed by atoms with E-state index in [1.807, 2.05) is 0 Å². The van der Waals surface area contributed by atoms with Crippen LogP contribution >= 0.6 is 0 Å². The third kappa shape index (κ3) is 3.72. The molecule has 0 aromatic heterocycles. The molecular weight excluding hydrogens is 376 g/mol. The molecule has 27 heavy (non-hydrogen) atoms. The fraction of sp³-hybridized carbons (Fsp3) is 0.529. The monoisotopic (exact) mass is 398 g/mol. The van der Waals surface area contributed by atoms with Gasteiger partial charge in [0.1, 0.15) is 6.61 Å². The van der Waals surface area contributed by atoms with E-state index >= 15 is 0 Å². The molecule has 2 aliphatic heterocycles. The molecule has 1 aromatic carbocycles. The van der Waals surface area contributed by atoms with E-state index < -0.39 is 21.9 Å². The normalized spacial score (nSPS) is 23.8. The summed E-state index contributed by atoms with van der Waals surface area (Å²) in [6.07, 6.45) is 0. The highest BCUT2D eigenvalue weighted by Gasteiger charge is 2.49. The average molecular weight is 398 g/mol. The summed E-state index contributed by atoms with van der Waals surface area (Å²) >= 11 is 0. The van der Waals surface area contributed by atoms with E-state index in [9.17, 15) is 23.1 Å². The first kappa shape index (κ1) is 19.4. The minimum atomic E-state index is -3.37. The van der Waals surface area contributed by atoms with E-state index in [-0.39, 0.29) is 60.1 Å². The van der Waals surface area contributed by atoms with Gasteiger partial charge in [-0.2, -0.15) is 0 Å². The molecule has 148 valence electrons. The number of fused-ring (bicyclic) bond motifs is 1. The molecule has 0 bridgehead atoms. The lowest BCUT2D eigenvalue weighted by Crippen LogP contribution is -2.62. The van der Waals surface area contributed by atoms with Crippen LogP contribution < -0.4 is 4.74 Å². The molecule has 2 aliphatic rings. The minimum Gasteiger partial charge on any atom is -0.504 e. The van der Waals surface area contributed by atoms with Crippen LogP contribution in [-0.2, 0) is 19.4 Å². The number of sulfone groups is 1. The summed E-state index contributed by atoms with van der Waals surface area (Å²) in [6, 6.07) is 3.03. The van der Waals surface area contributed by atoms with E-state index in [2.05, 4.69) is 0 Å². The van der Waals surface area contributed by atoms with E-state index in [1.165, 1.54) is 42.2 Å². The molecule has 2 amide bonds. The van der Waals surface area contributed by atoms with Crippen LogP contribution in [0.25, 0.3) is 0 Å².